The number of carbonyl (C=O) groups is 1. The minimum atomic E-state index is -0.0123. The molecule has 22 heavy (non-hydrogen) atoms. The number of carbonyl (C=O) groups excluding carboxylic acids is 1. The predicted molar refractivity (Wildman–Crippen MR) is 89.3 cm³/mol. The van der Waals surface area contributed by atoms with Crippen LogP contribution in [0.25, 0.3) is 0 Å². The van der Waals surface area contributed by atoms with Crippen molar-refractivity contribution in [2.45, 2.75) is 18.8 Å². The molecule has 1 amide bonds. The Morgan fingerprint density at radius 3 is 2.73 bits per heavy atom. The number of amides is 1. The number of nitrogens with one attached hydrogen (secondary N) is 1. The van der Waals surface area contributed by atoms with E-state index in [-0.39, 0.29) is 5.91 Å². The lowest BCUT2D eigenvalue weighted by atomic mass is 9.89. The maximum Gasteiger partial charge on any atom is 0.263 e. The van der Waals surface area contributed by atoms with Crippen molar-refractivity contribution in [3.8, 4) is 0 Å². The summed E-state index contributed by atoms with van der Waals surface area (Å²) in [7, 11) is 0. The van der Waals surface area contributed by atoms with Crippen LogP contribution in [-0.4, -0.2) is 42.0 Å². The lowest BCUT2D eigenvalue weighted by molar-refractivity contribution is 0.0949. The van der Waals surface area contributed by atoms with Crippen LogP contribution in [0.1, 0.15) is 34.0 Å². The summed E-state index contributed by atoms with van der Waals surface area (Å²) in [5.41, 5.74) is 3.14. The molecular weight excluding hydrogens is 294 g/mol. The molecule has 2 aromatic rings. The molecule has 1 aliphatic rings. The summed E-state index contributed by atoms with van der Waals surface area (Å²) in [5.74, 6) is 0.672. The SMILES string of the molecule is O=C(NCCN1CCC(c2ccccc2)CC1)c1cncs1. The van der Waals surface area contributed by atoms with Gasteiger partial charge in [-0.2, -0.15) is 0 Å². The van der Waals surface area contributed by atoms with Crippen LogP contribution in [0.2, 0.25) is 0 Å². The van der Waals surface area contributed by atoms with Gasteiger partial charge in [0, 0.05) is 13.1 Å². The summed E-state index contributed by atoms with van der Waals surface area (Å²) in [6.07, 6.45) is 4.02. The molecule has 3 rings (SSSR count). The van der Waals surface area contributed by atoms with Crippen LogP contribution in [0.3, 0.4) is 0 Å². The van der Waals surface area contributed by atoms with Gasteiger partial charge in [0.05, 0.1) is 11.7 Å². The smallest absolute Gasteiger partial charge is 0.263 e. The van der Waals surface area contributed by atoms with E-state index in [2.05, 4.69) is 45.5 Å². The second-order valence-corrected chi connectivity index (χ2v) is 6.53. The van der Waals surface area contributed by atoms with Gasteiger partial charge >= 0.3 is 0 Å². The minimum Gasteiger partial charge on any atom is -0.350 e. The van der Waals surface area contributed by atoms with Gasteiger partial charge in [0.25, 0.3) is 5.91 Å². The van der Waals surface area contributed by atoms with Crippen molar-refractivity contribution in [2.75, 3.05) is 26.2 Å². The average Bonchev–Trinajstić information content (AvgIpc) is 3.11. The van der Waals surface area contributed by atoms with Gasteiger partial charge < -0.3 is 10.2 Å². The Balaban J connectivity index is 1.38. The van der Waals surface area contributed by atoms with Crippen LogP contribution >= 0.6 is 11.3 Å². The third-order valence-corrected chi connectivity index (χ3v) is 5.00. The molecule has 2 heterocycles. The minimum absolute atomic E-state index is 0.0123. The van der Waals surface area contributed by atoms with E-state index in [4.69, 9.17) is 0 Å². The third kappa shape index (κ3) is 3.93. The van der Waals surface area contributed by atoms with Crippen molar-refractivity contribution in [3.05, 3.63) is 52.5 Å². The Morgan fingerprint density at radius 1 is 1.27 bits per heavy atom. The van der Waals surface area contributed by atoms with E-state index in [0.717, 1.165) is 19.6 Å². The van der Waals surface area contributed by atoms with E-state index >= 15 is 0 Å². The monoisotopic (exact) mass is 315 g/mol. The maximum atomic E-state index is 11.8. The molecule has 0 bridgehead atoms. The first kappa shape index (κ1) is 15.2. The zero-order valence-corrected chi connectivity index (χ0v) is 13.4. The number of piperidine rings is 1. The van der Waals surface area contributed by atoms with E-state index < -0.39 is 0 Å². The highest BCUT2D eigenvalue weighted by atomic mass is 32.1. The summed E-state index contributed by atoms with van der Waals surface area (Å²) in [6, 6.07) is 10.8. The molecule has 1 aromatic heterocycles. The molecule has 0 atom stereocenters. The lowest BCUT2D eigenvalue weighted by Crippen LogP contribution is -2.39. The summed E-state index contributed by atoms with van der Waals surface area (Å²) < 4.78 is 0. The Morgan fingerprint density at radius 2 is 2.05 bits per heavy atom. The Hall–Kier alpha value is -1.72. The van der Waals surface area contributed by atoms with Gasteiger partial charge in [0.1, 0.15) is 4.88 Å². The predicted octanol–water partition coefficient (Wildman–Crippen LogP) is 2.75. The number of aromatic nitrogens is 1. The van der Waals surface area contributed by atoms with E-state index in [1.807, 2.05) is 0 Å². The van der Waals surface area contributed by atoms with Gasteiger partial charge in [0.2, 0.25) is 0 Å². The highest BCUT2D eigenvalue weighted by Crippen LogP contribution is 2.27. The summed E-state index contributed by atoms with van der Waals surface area (Å²) in [5, 5.41) is 2.97. The van der Waals surface area contributed by atoms with Gasteiger partial charge in [-0.1, -0.05) is 30.3 Å². The second-order valence-electron chi connectivity index (χ2n) is 5.65. The summed E-state index contributed by atoms with van der Waals surface area (Å²) >= 11 is 1.38. The van der Waals surface area contributed by atoms with Gasteiger partial charge in [-0.15, -0.1) is 11.3 Å². The van der Waals surface area contributed by atoms with Crippen molar-refractivity contribution in [1.29, 1.82) is 0 Å². The van der Waals surface area contributed by atoms with Crippen LogP contribution in [-0.2, 0) is 0 Å². The van der Waals surface area contributed by atoms with Gasteiger partial charge in [-0.3, -0.25) is 9.78 Å². The molecule has 5 heteroatoms. The lowest BCUT2D eigenvalue weighted by Gasteiger charge is -2.32. The number of hydrogen-bond donors (Lipinski definition) is 1. The fourth-order valence-corrected chi connectivity index (χ4v) is 3.49. The zero-order valence-electron chi connectivity index (χ0n) is 12.6. The van der Waals surface area contributed by atoms with Crippen molar-refractivity contribution in [3.63, 3.8) is 0 Å². The molecule has 0 aliphatic carbocycles. The highest BCUT2D eigenvalue weighted by molar-refractivity contribution is 7.11. The van der Waals surface area contributed by atoms with E-state index in [0.29, 0.717) is 17.3 Å². The Labute approximate surface area is 135 Å². The van der Waals surface area contributed by atoms with Crippen LogP contribution in [0.4, 0.5) is 0 Å². The van der Waals surface area contributed by atoms with Crippen LogP contribution < -0.4 is 5.32 Å². The molecule has 0 unspecified atom stereocenters. The second kappa shape index (κ2) is 7.51. The number of likely N-dealkylation sites (tertiary alicyclic amines) is 1. The fraction of sp³-hybridized carbons (Fsp3) is 0.412. The largest absolute Gasteiger partial charge is 0.350 e. The summed E-state index contributed by atoms with van der Waals surface area (Å²) in [4.78, 5) is 18.9. The number of thiazole rings is 1. The molecular formula is C17H21N3OS. The van der Waals surface area contributed by atoms with E-state index in [9.17, 15) is 4.79 Å². The topological polar surface area (TPSA) is 45.2 Å². The van der Waals surface area contributed by atoms with Crippen LogP contribution in [0.5, 0.6) is 0 Å². The summed E-state index contributed by atoms with van der Waals surface area (Å²) in [6.45, 7) is 3.84. The number of hydrogen-bond acceptors (Lipinski definition) is 4. The highest BCUT2D eigenvalue weighted by Gasteiger charge is 2.20. The molecule has 1 aliphatic heterocycles. The van der Waals surface area contributed by atoms with E-state index in [1.54, 1.807) is 11.7 Å². The van der Waals surface area contributed by atoms with Crippen molar-refractivity contribution in [2.24, 2.45) is 0 Å². The number of benzene rings is 1. The first-order valence-electron chi connectivity index (χ1n) is 7.77. The van der Waals surface area contributed by atoms with Crippen molar-refractivity contribution >= 4 is 17.2 Å². The average molecular weight is 315 g/mol. The van der Waals surface area contributed by atoms with Crippen LogP contribution in [0, 0.1) is 0 Å². The molecule has 0 radical (unpaired) electrons. The number of nitrogens with zero attached hydrogens (tertiary/aromatic N) is 2. The third-order valence-electron chi connectivity index (χ3n) is 4.23. The van der Waals surface area contributed by atoms with Crippen LogP contribution in [0.15, 0.2) is 42.0 Å². The van der Waals surface area contributed by atoms with Crippen molar-refractivity contribution in [1.82, 2.24) is 15.2 Å². The number of rotatable bonds is 5. The Bertz CT molecular complexity index is 577. The molecule has 1 fully saturated rings. The molecule has 1 saturated heterocycles. The van der Waals surface area contributed by atoms with Gasteiger partial charge in [-0.25, -0.2) is 0 Å². The maximum absolute atomic E-state index is 11.8. The molecule has 0 spiro atoms. The first-order valence-corrected chi connectivity index (χ1v) is 8.65. The fourth-order valence-electron chi connectivity index (χ4n) is 2.96. The van der Waals surface area contributed by atoms with Gasteiger partial charge in [-0.05, 0) is 37.4 Å². The molecule has 1 N–H and O–H groups in total. The Kier molecular flexibility index (Phi) is 5.19. The standard InChI is InChI=1S/C17H21N3OS/c21-17(16-12-18-13-22-16)19-8-11-20-9-6-15(7-10-20)14-4-2-1-3-5-14/h1-5,12-13,15H,6-11H2,(H,19,21). The quantitative estimate of drug-likeness (QED) is 0.923. The van der Waals surface area contributed by atoms with Gasteiger partial charge in [0.15, 0.2) is 0 Å². The molecule has 116 valence electrons. The molecule has 1 aromatic carbocycles. The molecule has 0 saturated carbocycles. The molecule has 4 nitrogen and oxygen atoms in total. The van der Waals surface area contributed by atoms with Crippen molar-refractivity contribution < 1.29 is 4.79 Å². The first-order chi connectivity index (χ1) is 10.8. The normalized spacial score (nSPS) is 16.5. The zero-order chi connectivity index (χ0) is 15.2. The van der Waals surface area contributed by atoms with E-state index in [1.165, 1.54) is 29.7 Å².